The summed E-state index contributed by atoms with van der Waals surface area (Å²) in [5, 5.41) is 0. The van der Waals surface area contributed by atoms with E-state index < -0.39 is 0 Å². The Balaban J connectivity index is 2.33. The van der Waals surface area contributed by atoms with Crippen molar-refractivity contribution >= 4 is 7.98 Å². The Kier molecular flexibility index (Phi) is 1.38. The second-order valence-corrected chi connectivity index (χ2v) is 2.47. The molecule has 1 rings (SSSR count). The largest absolute Gasteiger partial charge is 0.346 e. The summed E-state index contributed by atoms with van der Waals surface area (Å²) in [7, 11) is 2.19. The van der Waals surface area contributed by atoms with Gasteiger partial charge in [0, 0.05) is 0 Å². The van der Waals surface area contributed by atoms with E-state index in [2.05, 4.69) is 19.7 Å². The fourth-order valence-electron chi connectivity index (χ4n) is 1.08. The van der Waals surface area contributed by atoms with Crippen molar-refractivity contribution < 1.29 is 0 Å². The maximum atomic E-state index is 2.40. The first-order chi connectivity index (χ1) is 3.30. The highest BCUT2D eigenvalue weighted by Crippen LogP contribution is 2.11. The molecule has 0 aliphatic carbocycles. The summed E-state index contributed by atoms with van der Waals surface area (Å²) < 4.78 is 0. The Morgan fingerprint density at radius 2 is 2.43 bits per heavy atom. The van der Waals surface area contributed by atoms with Crippen LogP contribution in [-0.4, -0.2) is 25.4 Å². The van der Waals surface area contributed by atoms with Crippen molar-refractivity contribution in [3.05, 3.63) is 0 Å². The molecule has 7 heavy (non-hydrogen) atoms. The minimum atomic E-state index is 0.847. The van der Waals surface area contributed by atoms with E-state index in [1.807, 2.05) is 0 Å². The molecule has 0 unspecified atom stereocenters. The molecule has 0 N–H and O–H groups in total. The van der Waals surface area contributed by atoms with Gasteiger partial charge in [0.1, 0.15) is 0 Å². The highest BCUT2D eigenvalue weighted by atomic mass is 15.1. The van der Waals surface area contributed by atoms with Crippen molar-refractivity contribution in [2.45, 2.75) is 25.8 Å². The van der Waals surface area contributed by atoms with Crippen LogP contribution in [0.1, 0.15) is 19.8 Å². The smallest absolute Gasteiger partial charge is 0.185 e. The van der Waals surface area contributed by atoms with Crippen LogP contribution >= 0.6 is 0 Å². The van der Waals surface area contributed by atoms with Gasteiger partial charge in [0.2, 0.25) is 0 Å². The molecule has 1 aliphatic rings. The highest BCUT2D eigenvalue weighted by Gasteiger charge is 2.13. The summed E-state index contributed by atoms with van der Waals surface area (Å²) in [5.41, 5.74) is 0. The van der Waals surface area contributed by atoms with Crippen LogP contribution in [0.3, 0.4) is 0 Å². The van der Waals surface area contributed by atoms with Gasteiger partial charge in [0.25, 0.3) is 0 Å². The van der Waals surface area contributed by atoms with Crippen LogP contribution in [0.25, 0.3) is 0 Å². The van der Waals surface area contributed by atoms with Crippen LogP contribution in [0, 0.1) is 0 Å². The molecule has 1 aliphatic heterocycles. The molecule has 0 aromatic heterocycles. The van der Waals surface area contributed by atoms with E-state index in [4.69, 9.17) is 0 Å². The molecule has 0 aromatic carbocycles. The summed E-state index contributed by atoms with van der Waals surface area (Å²) in [6.45, 7) is 3.59. The standard InChI is InChI=1S/C5H12BN/c1-5-3-2-4-7(5)6/h5H,2-4,6H2,1H3/t5-/m1/s1. The van der Waals surface area contributed by atoms with Gasteiger partial charge in [-0.3, -0.25) is 0 Å². The first kappa shape index (κ1) is 5.17. The molecule has 1 atom stereocenters. The molecule has 0 radical (unpaired) electrons. The predicted octanol–water partition coefficient (Wildman–Crippen LogP) is 0.0188. The van der Waals surface area contributed by atoms with Crippen LogP contribution in [0.4, 0.5) is 0 Å². The number of nitrogens with zero attached hydrogens (tertiary/aromatic N) is 1. The Morgan fingerprint density at radius 3 is 2.57 bits per heavy atom. The third-order valence-electron chi connectivity index (χ3n) is 1.89. The fourth-order valence-corrected chi connectivity index (χ4v) is 1.08. The van der Waals surface area contributed by atoms with Crippen LogP contribution in [0.2, 0.25) is 0 Å². The summed E-state index contributed by atoms with van der Waals surface area (Å²) >= 11 is 0. The van der Waals surface area contributed by atoms with Crippen molar-refractivity contribution in [3.63, 3.8) is 0 Å². The third-order valence-corrected chi connectivity index (χ3v) is 1.89. The van der Waals surface area contributed by atoms with Crippen LogP contribution in [-0.2, 0) is 0 Å². The van der Waals surface area contributed by atoms with E-state index in [0.717, 1.165) is 6.04 Å². The molecule has 0 spiro atoms. The number of rotatable bonds is 0. The van der Waals surface area contributed by atoms with Crippen molar-refractivity contribution in [2.24, 2.45) is 0 Å². The molecular formula is C5H12BN. The van der Waals surface area contributed by atoms with Gasteiger partial charge in [-0.15, -0.1) is 0 Å². The average molecular weight is 97.0 g/mol. The maximum absolute atomic E-state index is 2.40. The third kappa shape index (κ3) is 0.971. The summed E-state index contributed by atoms with van der Waals surface area (Å²) in [5.74, 6) is 0. The molecule has 0 saturated carbocycles. The fraction of sp³-hybridized carbons (Fsp3) is 1.00. The second kappa shape index (κ2) is 1.87. The topological polar surface area (TPSA) is 3.24 Å². The lowest BCUT2D eigenvalue weighted by molar-refractivity contribution is 0.449. The molecule has 1 fully saturated rings. The van der Waals surface area contributed by atoms with Crippen LogP contribution < -0.4 is 0 Å². The predicted molar refractivity (Wildman–Crippen MR) is 33.9 cm³/mol. The Morgan fingerprint density at radius 1 is 1.71 bits per heavy atom. The van der Waals surface area contributed by atoms with Crippen molar-refractivity contribution in [1.29, 1.82) is 0 Å². The highest BCUT2D eigenvalue weighted by molar-refractivity contribution is 6.04. The average Bonchev–Trinajstić information content (AvgIpc) is 1.91. The maximum Gasteiger partial charge on any atom is 0.185 e. The minimum absolute atomic E-state index is 0.847. The van der Waals surface area contributed by atoms with E-state index in [1.165, 1.54) is 19.4 Å². The van der Waals surface area contributed by atoms with Crippen molar-refractivity contribution in [2.75, 3.05) is 6.54 Å². The zero-order valence-corrected chi connectivity index (χ0v) is 5.15. The van der Waals surface area contributed by atoms with Crippen LogP contribution in [0.5, 0.6) is 0 Å². The SMILES string of the molecule is BN1CCC[C@H]1C. The Labute approximate surface area is 46.1 Å². The van der Waals surface area contributed by atoms with Gasteiger partial charge < -0.3 is 4.81 Å². The zero-order chi connectivity index (χ0) is 5.28. The van der Waals surface area contributed by atoms with E-state index in [9.17, 15) is 0 Å². The van der Waals surface area contributed by atoms with Gasteiger partial charge in [0.05, 0.1) is 0 Å². The molecule has 0 aromatic rings. The summed E-state index contributed by atoms with van der Waals surface area (Å²) in [4.78, 5) is 2.40. The Hall–Kier alpha value is 0.0249. The number of hydrogen-bond acceptors (Lipinski definition) is 1. The Bertz CT molecular complexity index is 57.1. The van der Waals surface area contributed by atoms with E-state index in [-0.39, 0.29) is 0 Å². The molecule has 1 nitrogen and oxygen atoms in total. The van der Waals surface area contributed by atoms with Gasteiger partial charge >= 0.3 is 0 Å². The molecule has 1 heterocycles. The zero-order valence-electron chi connectivity index (χ0n) is 5.15. The van der Waals surface area contributed by atoms with Crippen molar-refractivity contribution in [1.82, 2.24) is 4.81 Å². The molecular weight excluding hydrogens is 84.9 g/mol. The van der Waals surface area contributed by atoms with E-state index >= 15 is 0 Å². The van der Waals surface area contributed by atoms with Crippen molar-refractivity contribution in [3.8, 4) is 0 Å². The second-order valence-electron chi connectivity index (χ2n) is 2.47. The first-order valence-electron chi connectivity index (χ1n) is 3.01. The lowest BCUT2D eigenvalue weighted by Gasteiger charge is -2.12. The van der Waals surface area contributed by atoms with E-state index in [1.54, 1.807) is 0 Å². The molecule has 1 saturated heterocycles. The van der Waals surface area contributed by atoms with Gasteiger partial charge in [-0.25, -0.2) is 0 Å². The molecule has 40 valence electrons. The molecule has 0 bridgehead atoms. The normalized spacial score (nSPS) is 34.1. The molecule has 0 amide bonds. The summed E-state index contributed by atoms with van der Waals surface area (Å²) in [6.07, 6.45) is 2.80. The van der Waals surface area contributed by atoms with Gasteiger partial charge in [0.15, 0.2) is 7.98 Å². The van der Waals surface area contributed by atoms with E-state index in [0.29, 0.717) is 0 Å². The minimum Gasteiger partial charge on any atom is -0.346 e. The van der Waals surface area contributed by atoms with Gasteiger partial charge in [-0.05, 0) is 25.4 Å². The quantitative estimate of drug-likeness (QED) is 0.385. The van der Waals surface area contributed by atoms with Gasteiger partial charge in [-0.1, -0.05) is 6.92 Å². The van der Waals surface area contributed by atoms with Crippen LogP contribution in [0.15, 0.2) is 0 Å². The van der Waals surface area contributed by atoms with Gasteiger partial charge in [-0.2, -0.15) is 0 Å². The molecule has 2 heteroatoms. The summed E-state index contributed by atoms with van der Waals surface area (Å²) in [6, 6.07) is 0.847. The first-order valence-corrected chi connectivity index (χ1v) is 3.01. The lowest BCUT2D eigenvalue weighted by Crippen LogP contribution is -2.22. The monoisotopic (exact) mass is 97.1 g/mol. The lowest BCUT2D eigenvalue weighted by atomic mass is 10.2. The number of hydrogen-bond donors (Lipinski definition) is 0.